The van der Waals surface area contributed by atoms with E-state index >= 15 is 0 Å². The van der Waals surface area contributed by atoms with E-state index in [0.717, 1.165) is 30.5 Å². The summed E-state index contributed by atoms with van der Waals surface area (Å²) in [6.45, 7) is 6.99. The van der Waals surface area contributed by atoms with Crippen molar-refractivity contribution in [2.75, 3.05) is 61.8 Å². The van der Waals surface area contributed by atoms with Gasteiger partial charge >= 0.3 is 0 Å². The maximum Gasteiger partial charge on any atom is 0.229 e. The highest BCUT2D eigenvalue weighted by Gasteiger charge is 2.26. The van der Waals surface area contributed by atoms with Gasteiger partial charge in [0.15, 0.2) is 5.82 Å². The van der Waals surface area contributed by atoms with Gasteiger partial charge in [-0.15, -0.1) is 0 Å². The maximum absolute atomic E-state index is 6.28. The Morgan fingerprint density at radius 1 is 0.882 bits per heavy atom. The van der Waals surface area contributed by atoms with Gasteiger partial charge in [-0.25, -0.2) is 4.98 Å². The summed E-state index contributed by atoms with van der Waals surface area (Å²) in [4.78, 5) is 16.4. The summed E-state index contributed by atoms with van der Waals surface area (Å²) in [6, 6.07) is 9.22. The number of nitrogens with one attached hydrogen (secondary N) is 2. The molecule has 0 amide bonds. The Hall–Kier alpha value is -2.88. The zero-order valence-electron chi connectivity index (χ0n) is 19.8. The third kappa shape index (κ3) is 5.43. The summed E-state index contributed by atoms with van der Waals surface area (Å²) < 4.78 is 1.72. The lowest BCUT2D eigenvalue weighted by Crippen LogP contribution is -2.52. The maximum atomic E-state index is 6.28. The Bertz CT molecular complexity index is 1080. The molecule has 0 saturated carbocycles. The van der Waals surface area contributed by atoms with Gasteiger partial charge < -0.3 is 20.4 Å². The number of aromatic nitrogens is 4. The van der Waals surface area contributed by atoms with Crippen molar-refractivity contribution in [3.8, 4) is 0 Å². The van der Waals surface area contributed by atoms with E-state index in [0.29, 0.717) is 16.8 Å². The van der Waals surface area contributed by atoms with Crippen LogP contribution in [-0.2, 0) is 7.05 Å². The fourth-order valence-corrected chi connectivity index (χ4v) is 4.84. The van der Waals surface area contributed by atoms with Gasteiger partial charge in [-0.2, -0.15) is 10.1 Å². The number of anilines is 5. The van der Waals surface area contributed by atoms with Crippen LogP contribution in [0.15, 0.2) is 42.9 Å². The average molecular weight is 482 g/mol. The van der Waals surface area contributed by atoms with Crippen molar-refractivity contribution in [1.29, 1.82) is 0 Å². The minimum atomic E-state index is 0.449. The molecule has 180 valence electrons. The lowest BCUT2D eigenvalue weighted by Gasteiger charge is -2.42. The first-order chi connectivity index (χ1) is 16.5. The van der Waals surface area contributed by atoms with E-state index in [4.69, 9.17) is 11.6 Å². The highest BCUT2D eigenvalue weighted by molar-refractivity contribution is 6.32. The molecule has 0 bridgehead atoms. The van der Waals surface area contributed by atoms with E-state index < -0.39 is 0 Å². The zero-order chi connectivity index (χ0) is 23.5. The van der Waals surface area contributed by atoms with Gasteiger partial charge in [0.2, 0.25) is 5.95 Å². The van der Waals surface area contributed by atoms with E-state index in [-0.39, 0.29) is 0 Å². The van der Waals surface area contributed by atoms with E-state index in [9.17, 15) is 0 Å². The number of hydrogen-bond acceptors (Lipinski definition) is 8. The molecule has 10 heteroatoms. The number of nitrogens with zero attached hydrogens (tertiary/aromatic N) is 7. The van der Waals surface area contributed by atoms with Crippen molar-refractivity contribution in [1.82, 2.24) is 29.5 Å². The molecule has 0 unspecified atom stereocenters. The molecular formula is C24H32ClN9. The number of hydrogen-bond donors (Lipinski definition) is 2. The number of piperidine rings is 1. The van der Waals surface area contributed by atoms with E-state index in [1.807, 2.05) is 13.2 Å². The number of likely N-dealkylation sites (N-methyl/N-ethyl adjacent to an activating group) is 1. The molecule has 9 nitrogen and oxygen atoms in total. The van der Waals surface area contributed by atoms with Gasteiger partial charge in [0, 0.05) is 69.9 Å². The van der Waals surface area contributed by atoms with Gasteiger partial charge in [0.25, 0.3) is 0 Å². The fraction of sp³-hybridized carbons (Fsp3) is 0.458. The van der Waals surface area contributed by atoms with Crippen LogP contribution in [0.25, 0.3) is 0 Å². The molecule has 4 heterocycles. The Morgan fingerprint density at radius 3 is 2.29 bits per heavy atom. The van der Waals surface area contributed by atoms with Crippen LogP contribution < -0.4 is 15.5 Å². The molecule has 2 aromatic heterocycles. The van der Waals surface area contributed by atoms with Gasteiger partial charge in [-0.1, -0.05) is 11.6 Å². The van der Waals surface area contributed by atoms with E-state index in [1.54, 1.807) is 17.1 Å². The van der Waals surface area contributed by atoms with Crippen molar-refractivity contribution >= 4 is 40.4 Å². The summed E-state index contributed by atoms with van der Waals surface area (Å²) in [7, 11) is 4.08. The van der Waals surface area contributed by atoms with E-state index in [2.05, 4.69) is 71.7 Å². The second-order valence-electron chi connectivity index (χ2n) is 9.15. The van der Waals surface area contributed by atoms with Crippen molar-refractivity contribution in [2.24, 2.45) is 7.05 Å². The van der Waals surface area contributed by atoms with Gasteiger partial charge in [0.05, 0.1) is 18.1 Å². The van der Waals surface area contributed by atoms with Crippen LogP contribution in [-0.4, -0.2) is 81.9 Å². The Balaban J connectivity index is 1.17. The van der Waals surface area contributed by atoms with Crippen molar-refractivity contribution < 1.29 is 0 Å². The summed E-state index contributed by atoms with van der Waals surface area (Å²) >= 11 is 6.28. The lowest BCUT2D eigenvalue weighted by molar-refractivity contribution is 0.0982. The summed E-state index contributed by atoms with van der Waals surface area (Å²) in [6.07, 6.45) is 7.63. The second-order valence-corrected chi connectivity index (χ2v) is 9.55. The Morgan fingerprint density at radius 2 is 1.62 bits per heavy atom. The van der Waals surface area contributed by atoms with Gasteiger partial charge in [0.1, 0.15) is 5.02 Å². The first kappa shape index (κ1) is 22.9. The number of rotatable bonds is 6. The normalized spacial score (nSPS) is 18.3. The molecule has 3 aromatic rings. The molecule has 2 fully saturated rings. The number of benzene rings is 1. The van der Waals surface area contributed by atoms with Gasteiger partial charge in [-0.3, -0.25) is 9.58 Å². The topological polar surface area (TPSA) is 77.4 Å². The minimum Gasteiger partial charge on any atom is -0.371 e. The van der Waals surface area contributed by atoms with Crippen molar-refractivity contribution in [2.45, 2.75) is 18.9 Å². The predicted molar refractivity (Wildman–Crippen MR) is 138 cm³/mol. The van der Waals surface area contributed by atoms with Crippen LogP contribution in [0.2, 0.25) is 5.02 Å². The molecule has 1 aromatic carbocycles. The molecule has 34 heavy (non-hydrogen) atoms. The molecule has 2 aliphatic heterocycles. The summed E-state index contributed by atoms with van der Waals surface area (Å²) in [5.41, 5.74) is 3.01. The minimum absolute atomic E-state index is 0.449. The Kier molecular flexibility index (Phi) is 6.85. The number of piperazine rings is 1. The summed E-state index contributed by atoms with van der Waals surface area (Å²) in [5.74, 6) is 1.02. The monoisotopic (exact) mass is 481 g/mol. The van der Waals surface area contributed by atoms with Crippen LogP contribution in [0.3, 0.4) is 0 Å². The third-order valence-corrected chi connectivity index (χ3v) is 7.00. The highest BCUT2D eigenvalue weighted by atomic mass is 35.5. The fourth-order valence-electron chi connectivity index (χ4n) is 4.70. The lowest BCUT2D eigenvalue weighted by atomic mass is 10.0. The van der Waals surface area contributed by atoms with Crippen LogP contribution >= 0.6 is 11.6 Å². The Labute approximate surface area is 205 Å². The van der Waals surface area contributed by atoms with Crippen LogP contribution in [0, 0.1) is 0 Å². The molecule has 0 atom stereocenters. The van der Waals surface area contributed by atoms with Crippen LogP contribution in [0.1, 0.15) is 12.8 Å². The number of halogens is 1. The number of aryl methyl sites for hydroxylation is 1. The first-order valence-corrected chi connectivity index (χ1v) is 12.2. The van der Waals surface area contributed by atoms with Gasteiger partial charge in [-0.05, 0) is 44.2 Å². The zero-order valence-corrected chi connectivity index (χ0v) is 20.5. The first-order valence-electron chi connectivity index (χ1n) is 11.9. The molecule has 0 aliphatic carbocycles. The van der Waals surface area contributed by atoms with Crippen molar-refractivity contribution in [3.05, 3.63) is 47.9 Å². The summed E-state index contributed by atoms with van der Waals surface area (Å²) in [5, 5.41) is 11.1. The molecule has 0 radical (unpaired) electrons. The standard InChI is InChI=1S/C24H32ClN9/c1-31-11-13-34(14-12-31)21-7-9-33(10-8-21)20-5-3-18(4-6-20)29-24-26-16-22(25)23(30-24)28-19-15-27-32(2)17-19/h3-6,15-17,21H,7-14H2,1-2H3,(H2,26,28,29,30). The molecule has 2 saturated heterocycles. The SMILES string of the molecule is CN1CCN(C2CCN(c3ccc(Nc4ncc(Cl)c(Nc5cnn(C)c5)n4)cc3)CC2)CC1. The molecule has 0 spiro atoms. The quantitative estimate of drug-likeness (QED) is 0.553. The molecule has 5 rings (SSSR count). The van der Waals surface area contributed by atoms with Crippen LogP contribution in [0.4, 0.5) is 28.8 Å². The second kappa shape index (κ2) is 10.2. The largest absolute Gasteiger partial charge is 0.371 e. The van der Waals surface area contributed by atoms with Crippen molar-refractivity contribution in [3.63, 3.8) is 0 Å². The third-order valence-electron chi connectivity index (χ3n) is 6.72. The average Bonchev–Trinajstić information content (AvgIpc) is 3.27. The smallest absolute Gasteiger partial charge is 0.229 e. The van der Waals surface area contributed by atoms with E-state index in [1.165, 1.54) is 44.7 Å². The molecular weight excluding hydrogens is 450 g/mol. The molecule has 2 aliphatic rings. The predicted octanol–water partition coefficient (Wildman–Crippen LogP) is 3.57. The highest BCUT2D eigenvalue weighted by Crippen LogP contribution is 2.27. The molecule has 2 N–H and O–H groups in total. The van der Waals surface area contributed by atoms with Crippen LogP contribution in [0.5, 0.6) is 0 Å².